The van der Waals surface area contributed by atoms with E-state index in [1.165, 1.54) is 0 Å². The van der Waals surface area contributed by atoms with Gasteiger partial charge in [0.25, 0.3) is 0 Å². The molecule has 0 aromatic carbocycles. The molecule has 1 aromatic heterocycles. The van der Waals surface area contributed by atoms with Crippen molar-refractivity contribution in [3.63, 3.8) is 0 Å². The van der Waals surface area contributed by atoms with Crippen molar-refractivity contribution >= 4 is 29.1 Å². The van der Waals surface area contributed by atoms with Crippen LogP contribution >= 0.6 is 23.4 Å². The smallest absolute Gasteiger partial charge is 0.156 e. The fourth-order valence-corrected chi connectivity index (χ4v) is 3.74. The van der Waals surface area contributed by atoms with Crippen molar-refractivity contribution in [1.29, 1.82) is 0 Å². The van der Waals surface area contributed by atoms with Gasteiger partial charge in [-0.25, -0.2) is 4.98 Å². The SMILES string of the molecule is CSC1CCCC(C)(c2cccnc2Cl)C1=O. The van der Waals surface area contributed by atoms with E-state index >= 15 is 0 Å². The number of halogens is 1. The molecule has 0 N–H and O–H groups in total. The number of rotatable bonds is 2. The molecule has 0 aliphatic heterocycles. The molecular formula is C13H16ClNOS. The van der Waals surface area contributed by atoms with Crippen molar-refractivity contribution in [2.45, 2.75) is 36.9 Å². The third kappa shape index (κ3) is 2.23. The molecular weight excluding hydrogens is 254 g/mol. The van der Waals surface area contributed by atoms with Crippen LogP contribution < -0.4 is 0 Å². The van der Waals surface area contributed by atoms with Crippen LogP contribution in [0.15, 0.2) is 18.3 Å². The maximum atomic E-state index is 12.5. The lowest BCUT2D eigenvalue weighted by molar-refractivity contribution is -0.125. The highest BCUT2D eigenvalue weighted by molar-refractivity contribution is 7.99. The fraction of sp³-hybridized carbons (Fsp3) is 0.538. The molecule has 1 heterocycles. The number of carbonyl (C=O) groups is 1. The molecule has 92 valence electrons. The van der Waals surface area contributed by atoms with Gasteiger partial charge in [0, 0.05) is 11.8 Å². The van der Waals surface area contributed by atoms with E-state index in [0.717, 1.165) is 24.8 Å². The first-order valence-electron chi connectivity index (χ1n) is 5.77. The van der Waals surface area contributed by atoms with Crippen LogP contribution in [-0.4, -0.2) is 22.3 Å². The van der Waals surface area contributed by atoms with Gasteiger partial charge in [-0.05, 0) is 32.1 Å². The molecule has 2 unspecified atom stereocenters. The number of hydrogen-bond donors (Lipinski definition) is 0. The molecule has 2 atom stereocenters. The number of aromatic nitrogens is 1. The van der Waals surface area contributed by atoms with E-state index in [1.54, 1.807) is 18.0 Å². The second kappa shape index (κ2) is 4.99. The molecule has 0 amide bonds. The number of thioether (sulfide) groups is 1. The van der Waals surface area contributed by atoms with Gasteiger partial charge in [-0.3, -0.25) is 4.79 Å². The predicted molar refractivity (Wildman–Crippen MR) is 72.8 cm³/mol. The average molecular weight is 270 g/mol. The second-order valence-electron chi connectivity index (χ2n) is 4.65. The van der Waals surface area contributed by atoms with E-state index < -0.39 is 5.41 Å². The standard InChI is InChI=1S/C13H16ClNOS/c1-13(9-5-4-8-15-12(9)14)7-3-6-10(17-2)11(13)16/h4-5,8,10H,3,6-7H2,1-2H3. The van der Waals surface area contributed by atoms with Gasteiger partial charge in [0.05, 0.1) is 10.7 Å². The lowest BCUT2D eigenvalue weighted by Crippen LogP contribution is -2.42. The van der Waals surface area contributed by atoms with Gasteiger partial charge >= 0.3 is 0 Å². The topological polar surface area (TPSA) is 30.0 Å². The molecule has 0 saturated heterocycles. The Morgan fingerprint density at radius 2 is 2.35 bits per heavy atom. The molecule has 1 fully saturated rings. The Labute approximate surface area is 111 Å². The van der Waals surface area contributed by atoms with Crippen LogP contribution in [0, 0.1) is 0 Å². The summed E-state index contributed by atoms with van der Waals surface area (Å²) in [6.45, 7) is 2.00. The largest absolute Gasteiger partial charge is 0.297 e. The highest BCUT2D eigenvalue weighted by Crippen LogP contribution is 2.41. The predicted octanol–water partition coefficient (Wildman–Crippen LogP) is 3.48. The van der Waals surface area contributed by atoms with Crippen LogP contribution in [0.4, 0.5) is 0 Å². The highest BCUT2D eigenvalue weighted by atomic mass is 35.5. The Bertz CT molecular complexity index is 437. The van der Waals surface area contributed by atoms with Crippen molar-refractivity contribution < 1.29 is 4.79 Å². The van der Waals surface area contributed by atoms with Gasteiger partial charge < -0.3 is 0 Å². The molecule has 1 aliphatic rings. The molecule has 2 nitrogen and oxygen atoms in total. The number of pyridine rings is 1. The van der Waals surface area contributed by atoms with Crippen molar-refractivity contribution in [3.8, 4) is 0 Å². The number of ketones is 1. The summed E-state index contributed by atoms with van der Waals surface area (Å²) >= 11 is 7.78. The summed E-state index contributed by atoms with van der Waals surface area (Å²) in [4.78, 5) is 16.6. The van der Waals surface area contributed by atoms with Gasteiger partial charge in [-0.15, -0.1) is 0 Å². The maximum Gasteiger partial charge on any atom is 0.156 e. The Morgan fingerprint density at radius 1 is 1.59 bits per heavy atom. The van der Waals surface area contributed by atoms with Crippen molar-refractivity contribution in [2.75, 3.05) is 6.26 Å². The monoisotopic (exact) mass is 269 g/mol. The summed E-state index contributed by atoms with van der Waals surface area (Å²) in [6, 6.07) is 3.78. The summed E-state index contributed by atoms with van der Waals surface area (Å²) in [5.41, 5.74) is 0.419. The van der Waals surface area contributed by atoms with Crippen LogP contribution in [0.1, 0.15) is 31.7 Å². The molecule has 1 saturated carbocycles. The summed E-state index contributed by atoms with van der Waals surface area (Å²) in [7, 11) is 0. The van der Waals surface area contributed by atoms with Crippen molar-refractivity contribution in [2.24, 2.45) is 0 Å². The molecule has 1 aliphatic carbocycles. The van der Waals surface area contributed by atoms with Gasteiger partial charge in [-0.2, -0.15) is 11.8 Å². The Morgan fingerprint density at radius 3 is 3.00 bits per heavy atom. The third-order valence-electron chi connectivity index (χ3n) is 3.62. The number of nitrogens with zero attached hydrogens (tertiary/aromatic N) is 1. The normalized spacial score (nSPS) is 29.4. The van der Waals surface area contributed by atoms with Crippen LogP contribution in [0.5, 0.6) is 0 Å². The molecule has 0 spiro atoms. The van der Waals surface area contributed by atoms with E-state index in [2.05, 4.69) is 4.98 Å². The van der Waals surface area contributed by atoms with Gasteiger partial charge in [0.2, 0.25) is 0 Å². The Hall–Kier alpha value is -0.540. The quantitative estimate of drug-likeness (QED) is 0.770. The average Bonchev–Trinajstić information content (AvgIpc) is 2.33. The lowest BCUT2D eigenvalue weighted by atomic mass is 9.70. The van der Waals surface area contributed by atoms with E-state index in [4.69, 9.17) is 11.6 Å². The first-order valence-corrected chi connectivity index (χ1v) is 7.44. The van der Waals surface area contributed by atoms with E-state index in [1.807, 2.05) is 25.3 Å². The Balaban J connectivity index is 2.41. The summed E-state index contributed by atoms with van der Waals surface area (Å²) in [6.07, 6.45) is 6.58. The van der Waals surface area contributed by atoms with Crippen molar-refractivity contribution in [1.82, 2.24) is 4.98 Å². The second-order valence-corrected chi connectivity index (χ2v) is 6.05. The minimum atomic E-state index is -0.461. The van der Waals surface area contributed by atoms with Gasteiger partial charge in [-0.1, -0.05) is 24.1 Å². The van der Waals surface area contributed by atoms with Crippen LogP contribution in [0.2, 0.25) is 5.15 Å². The van der Waals surface area contributed by atoms with Crippen molar-refractivity contribution in [3.05, 3.63) is 29.0 Å². The minimum absolute atomic E-state index is 0.102. The van der Waals surface area contributed by atoms with Crippen LogP contribution in [0.25, 0.3) is 0 Å². The van der Waals surface area contributed by atoms with Crippen LogP contribution in [-0.2, 0) is 10.2 Å². The number of Topliss-reactive ketones (excluding diaryl/α,β-unsaturated/α-hetero) is 1. The summed E-state index contributed by atoms with van der Waals surface area (Å²) in [5, 5.41) is 0.565. The molecule has 1 aromatic rings. The minimum Gasteiger partial charge on any atom is -0.297 e. The molecule has 0 bridgehead atoms. The van der Waals surface area contributed by atoms with Crippen LogP contribution in [0.3, 0.4) is 0 Å². The maximum absolute atomic E-state index is 12.5. The summed E-state index contributed by atoms with van der Waals surface area (Å²) in [5.74, 6) is 0.297. The molecule has 17 heavy (non-hydrogen) atoms. The van der Waals surface area contributed by atoms with E-state index in [-0.39, 0.29) is 5.25 Å². The zero-order chi connectivity index (χ0) is 12.5. The lowest BCUT2D eigenvalue weighted by Gasteiger charge is -2.36. The number of carbonyl (C=O) groups excluding carboxylic acids is 1. The zero-order valence-electron chi connectivity index (χ0n) is 10.1. The highest BCUT2D eigenvalue weighted by Gasteiger charge is 2.43. The van der Waals surface area contributed by atoms with Gasteiger partial charge in [0.15, 0.2) is 5.78 Å². The molecule has 0 radical (unpaired) electrons. The van der Waals surface area contributed by atoms with E-state index in [0.29, 0.717) is 10.9 Å². The zero-order valence-corrected chi connectivity index (χ0v) is 11.6. The first-order chi connectivity index (χ1) is 8.09. The summed E-state index contributed by atoms with van der Waals surface area (Å²) < 4.78 is 0. The molecule has 4 heteroatoms. The first kappa shape index (κ1) is 12.9. The fourth-order valence-electron chi connectivity index (χ4n) is 2.54. The van der Waals surface area contributed by atoms with Gasteiger partial charge in [0.1, 0.15) is 5.15 Å². The number of hydrogen-bond acceptors (Lipinski definition) is 3. The third-order valence-corrected chi connectivity index (χ3v) is 4.94. The van der Waals surface area contributed by atoms with E-state index in [9.17, 15) is 4.79 Å². The molecule has 2 rings (SSSR count). The Kier molecular flexibility index (Phi) is 3.79.